The summed E-state index contributed by atoms with van der Waals surface area (Å²) in [4.78, 5) is 24.1. The van der Waals surface area contributed by atoms with E-state index in [9.17, 15) is 9.59 Å². The topological polar surface area (TPSA) is 63.4 Å². The third kappa shape index (κ3) is 1.73. The molecular formula is C10H9ClN2O2. The third-order valence-electron chi connectivity index (χ3n) is 2.25. The molecule has 0 aliphatic carbocycles. The SMILES string of the molecule is N[C@H]1CC(=O)N(c2cccc(Cl)c2)C1=O. The highest BCUT2D eigenvalue weighted by Gasteiger charge is 2.37. The standard InChI is InChI=1S/C10H9ClN2O2/c11-6-2-1-3-7(4-6)13-9(14)5-8(12)10(13)15/h1-4,8H,5,12H2/t8-/m0/s1. The first-order valence-electron chi connectivity index (χ1n) is 4.47. The number of hydrogen-bond donors (Lipinski definition) is 1. The van der Waals surface area contributed by atoms with Crippen LogP contribution in [0.15, 0.2) is 24.3 Å². The minimum absolute atomic E-state index is 0.0609. The van der Waals surface area contributed by atoms with Crippen LogP contribution in [0.5, 0.6) is 0 Å². The first-order chi connectivity index (χ1) is 7.09. The lowest BCUT2D eigenvalue weighted by molar-refractivity contribution is -0.121. The number of rotatable bonds is 1. The van der Waals surface area contributed by atoms with Crippen LogP contribution in [0, 0.1) is 0 Å². The fourth-order valence-corrected chi connectivity index (χ4v) is 1.73. The van der Waals surface area contributed by atoms with Crippen molar-refractivity contribution in [3.63, 3.8) is 0 Å². The molecule has 0 unspecified atom stereocenters. The van der Waals surface area contributed by atoms with Gasteiger partial charge in [-0.05, 0) is 18.2 Å². The summed E-state index contributed by atoms with van der Waals surface area (Å²) in [6.07, 6.45) is 0.0609. The number of nitrogens with zero attached hydrogens (tertiary/aromatic N) is 1. The van der Waals surface area contributed by atoms with Crippen molar-refractivity contribution in [3.8, 4) is 0 Å². The first-order valence-corrected chi connectivity index (χ1v) is 4.85. The average molecular weight is 225 g/mol. The van der Waals surface area contributed by atoms with E-state index in [0.29, 0.717) is 10.7 Å². The molecule has 1 saturated heterocycles. The minimum atomic E-state index is -0.725. The van der Waals surface area contributed by atoms with Gasteiger partial charge in [-0.3, -0.25) is 9.59 Å². The molecular weight excluding hydrogens is 216 g/mol. The van der Waals surface area contributed by atoms with E-state index < -0.39 is 6.04 Å². The summed E-state index contributed by atoms with van der Waals surface area (Å²) >= 11 is 5.77. The molecule has 1 aromatic rings. The number of imide groups is 1. The normalized spacial score (nSPS) is 21.2. The number of anilines is 1. The van der Waals surface area contributed by atoms with E-state index in [4.69, 9.17) is 17.3 Å². The Labute approximate surface area is 91.6 Å². The summed E-state index contributed by atoms with van der Waals surface area (Å²) in [5.41, 5.74) is 5.97. The zero-order valence-electron chi connectivity index (χ0n) is 7.81. The Morgan fingerprint density at radius 1 is 1.40 bits per heavy atom. The summed E-state index contributed by atoms with van der Waals surface area (Å²) in [7, 11) is 0. The van der Waals surface area contributed by atoms with Crippen molar-refractivity contribution in [1.82, 2.24) is 0 Å². The maximum Gasteiger partial charge on any atom is 0.251 e. The highest BCUT2D eigenvalue weighted by atomic mass is 35.5. The molecule has 0 bridgehead atoms. The van der Waals surface area contributed by atoms with Crippen LogP contribution in [-0.2, 0) is 9.59 Å². The molecule has 1 atom stereocenters. The molecule has 4 nitrogen and oxygen atoms in total. The maximum absolute atomic E-state index is 11.6. The molecule has 5 heteroatoms. The van der Waals surface area contributed by atoms with Gasteiger partial charge in [-0.1, -0.05) is 17.7 Å². The Kier molecular flexibility index (Phi) is 2.46. The number of nitrogens with two attached hydrogens (primary N) is 1. The summed E-state index contributed by atoms with van der Waals surface area (Å²) in [6.45, 7) is 0. The van der Waals surface area contributed by atoms with Gasteiger partial charge in [-0.2, -0.15) is 0 Å². The van der Waals surface area contributed by atoms with Crippen LogP contribution in [-0.4, -0.2) is 17.9 Å². The van der Waals surface area contributed by atoms with Crippen molar-refractivity contribution in [3.05, 3.63) is 29.3 Å². The lowest BCUT2D eigenvalue weighted by Crippen LogP contribution is -2.35. The number of benzene rings is 1. The number of hydrogen-bond acceptors (Lipinski definition) is 3. The number of halogens is 1. The van der Waals surface area contributed by atoms with Gasteiger partial charge in [0.1, 0.15) is 0 Å². The molecule has 2 amide bonds. The van der Waals surface area contributed by atoms with Gasteiger partial charge < -0.3 is 5.73 Å². The summed E-state index contributed by atoms with van der Waals surface area (Å²) in [5.74, 6) is -0.656. The van der Waals surface area contributed by atoms with Gasteiger partial charge in [0, 0.05) is 5.02 Å². The fourth-order valence-electron chi connectivity index (χ4n) is 1.54. The zero-order chi connectivity index (χ0) is 11.0. The van der Waals surface area contributed by atoms with E-state index in [1.54, 1.807) is 24.3 Å². The van der Waals surface area contributed by atoms with Crippen LogP contribution in [0.2, 0.25) is 5.02 Å². The smallest absolute Gasteiger partial charge is 0.251 e. The van der Waals surface area contributed by atoms with Crippen LogP contribution in [0.3, 0.4) is 0 Å². The van der Waals surface area contributed by atoms with Crippen LogP contribution in [0.4, 0.5) is 5.69 Å². The predicted molar refractivity (Wildman–Crippen MR) is 56.5 cm³/mol. The van der Waals surface area contributed by atoms with Crippen molar-refractivity contribution in [2.45, 2.75) is 12.5 Å². The van der Waals surface area contributed by atoms with Gasteiger partial charge in [0.05, 0.1) is 18.2 Å². The molecule has 1 aliphatic rings. The largest absolute Gasteiger partial charge is 0.319 e. The highest BCUT2D eigenvalue weighted by Crippen LogP contribution is 2.24. The van der Waals surface area contributed by atoms with Crippen LogP contribution >= 0.6 is 11.6 Å². The molecule has 1 fully saturated rings. The average Bonchev–Trinajstić information content (AvgIpc) is 2.41. The second-order valence-corrected chi connectivity index (χ2v) is 3.79. The summed E-state index contributed by atoms with van der Waals surface area (Å²) < 4.78 is 0. The Morgan fingerprint density at radius 3 is 2.67 bits per heavy atom. The Morgan fingerprint density at radius 2 is 2.13 bits per heavy atom. The van der Waals surface area contributed by atoms with Crippen molar-refractivity contribution in [2.24, 2.45) is 5.73 Å². The van der Waals surface area contributed by atoms with E-state index in [1.165, 1.54) is 0 Å². The van der Waals surface area contributed by atoms with E-state index in [0.717, 1.165) is 4.90 Å². The number of carbonyl (C=O) groups excluding carboxylic acids is 2. The molecule has 0 spiro atoms. The summed E-state index contributed by atoms with van der Waals surface area (Å²) in [5, 5.41) is 0.480. The molecule has 2 rings (SSSR count). The van der Waals surface area contributed by atoms with Crippen molar-refractivity contribution < 1.29 is 9.59 Å². The Balaban J connectivity index is 2.39. The predicted octanol–water partition coefficient (Wildman–Crippen LogP) is 0.931. The second kappa shape index (κ2) is 3.64. The zero-order valence-corrected chi connectivity index (χ0v) is 8.57. The summed E-state index contributed by atoms with van der Waals surface area (Å²) in [6, 6.07) is 5.85. The van der Waals surface area contributed by atoms with Crippen LogP contribution < -0.4 is 10.6 Å². The molecule has 0 radical (unpaired) electrons. The molecule has 78 valence electrons. The van der Waals surface area contributed by atoms with Crippen LogP contribution in [0.25, 0.3) is 0 Å². The van der Waals surface area contributed by atoms with E-state index in [-0.39, 0.29) is 18.2 Å². The molecule has 1 heterocycles. The molecule has 1 aromatic carbocycles. The minimum Gasteiger partial charge on any atom is -0.319 e. The van der Waals surface area contributed by atoms with Gasteiger partial charge in [-0.15, -0.1) is 0 Å². The monoisotopic (exact) mass is 224 g/mol. The molecule has 2 N–H and O–H groups in total. The molecule has 15 heavy (non-hydrogen) atoms. The van der Waals surface area contributed by atoms with Gasteiger partial charge in [-0.25, -0.2) is 4.90 Å². The van der Waals surface area contributed by atoms with Gasteiger partial charge in [0.25, 0.3) is 5.91 Å². The molecule has 0 saturated carbocycles. The van der Waals surface area contributed by atoms with Gasteiger partial charge >= 0.3 is 0 Å². The van der Waals surface area contributed by atoms with E-state index >= 15 is 0 Å². The highest BCUT2D eigenvalue weighted by molar-refractivity contribution is 6.31. The van der Waals surface area contributed by atoms with E-state index in [1.807, 2.05) is 0 Å². The quantitative estimate of drug-likeness (QED) is 0.722. The Hall–Kier alpha value is -1.39. The maximum atomic E-state index is 11.6. The van der Waals surface area contributed by atoms with Gasteiger partial charge in [0.15, 0.2) is 0 Å². The Bertz CT molecular complexity index is 433. The van der Waals surface area contributed by atoms with Crippen LogP contribution in [0.1, 0.15) is 6.42 Å². The lowest BCUT2D eigenvalue weighted by Gasteiger charge is -2.14. The lowest BCUT2D eigenvalue weighted by atomic mass is 10.3. The fraction of sp³-hybridized carbons (Fsp3) is 0.200. The van der Waals surface area contributed by atoms with Crippen molar-refractivity contribution in [2.75, 3.05) is 4.90 Å². The van der Waals surface area contributed by atoms with Crippen molar-refractivity contribution in [1.29, 1.82) is 0 Å². The first kappa shape index (κ1) is 10.1. The van der Waals surface area contributed by atoms with E-state index in [2.05, 4.69) is 0 Å². The molecule has 1 aliphatic heterocycles. The number of amides is 2. The second-order valence-electron chi connectivity index (χ2n) is 3.36. The van der Waals surface area contributed by atoms with Gasteiger partial charge in [0.2, 0.25) is 5.91 Å². The molecule has 0 aromatic heterocycles. The van der Waals surface area contributed by atoms with Crippen molar-refractivity contribution >= 4 is 29.1 Å². The third-order valence-corrected chi connectivity index (χ3v) is 2.48. The number of carbonyl (C=O) groups is 2.